The smallest absolute Gasteiger partial charge is 0.307 e. The Morgan fingerprint density at radius 2 is 1.78 bits per heavy atom. The average Bonchev–Trinajstić information content (AvgIpc) is 3.24. The summed E-state index contributed by atoms with van der Waals surface area (Å²) in [7, 11) is 0. The van der Waals surface area contributed by atoms with Crippen molar-refractivity contribution in [1.82, 2.24) is 0 Å². The highest BCUT2D eigenvalue weighted by Crippen LogP contribution is 2.57. The monoisotopic (exact) mass is 390 g/mol. The van der Waals surface area contributed by atoms with Gasteiger partial charge in [-0.25, -0.2) is 0 Å². The molecular weight excluding hydrogens is 364 g/mol. The number of nitrogens with one attached hydrogen (secondary N) is 1. The molecule has 2 saturated carbocycles. The number of carboxylic acids is 1. The van der Waals surface area contributed by atoms with Crippen LogP contribution in [0.2, 0.25) is 0 Å². The Labute approximate surface area is 162 Å². The van der Waals surface area contributed by atoms with Gasteiger partial charge >= 0.3 is 5.97 Å². The van der Waals surface area contributed by atoms with Crippen LogP contribution in [0.3, 0.4) is 0 Å². The van der Waals surface area contributed by atoms with Crippen molar-refractivity contribution in [3.8, 4) is 0 Å². The van der Waals surface area contributed by atoms with Crippen molar-refractivity contribution in [3.05, 3.63) is 27.7 Å². The van der Waals surface area contributed by atoms with E-state index in [1.54, 1.807) is 6.07 Å². The Hall–Kier alpha value is -2.15. The summed E-state index contributed by atoms with van der Waals surface area (Å²) in [5, 5.41) is 13.0. The van der Waals surface area contributed by atoms with Crippen molar-refractivity contribution in [2.24, 2.45) is 29.4 Å². The van der Waals surface area contributed by atoms with E-state index >= 15 is 0 Å². The lowest BCUT2D eigenvalue weighted by Crippen LogP contribution is -2.38. The van der Waals surface area contributed by atoms with Crippen LogP contribution in [0.1, 0.15) is 61.7 Å². The quantitative estimate of drug-likeness (QED) is 0.667. The zero-order valence-corrected chi connectivity index (χ0v) is 16.9. The predicted octanol–water partition coefficient (Wildman–Crippen LogP) is 3.60. The molecule has 2 fully saturated rings. The summed E-state index contributed by atoms with van der Waals surface area (Å²) in [6.07, 6.45) is 1.65. The van der Waals surface area contributed by atoms with Crippen LogP contribution in [-0.2, 0) is 9.59 Å². The summed E-state index contributed by atoms with van der Waals surface area (Å²) in [6.45, 7) is 7.97. The molecule has 0 spiro atoms. The standard InChI is InChI=1S/C20H26N2O4S/c1-8(2)13-7-12(17(21)23)19(27-13)22-18(24)15-10-5-6-11(14(10)9(3)4)16(15)20(25)26/h7-8,10-11,15-16H,5-6H2,1-4H3,(H2,21,23)(H,22,24)(H,25,26)/t10-,11-,15+,16+/m1/s1. The molecule has 2 aliphatic carbocycles. The van der Waals surface area contributed by atoms with Crippen LogP contribution in [0.25, 0.3) is 0 Å². The summed E-state index contributed by atoms with van der Waals surface area (Å²) >= 11 is 1.33. The van der Waals surface area contributed by atoms with Crippen molar-refractivity contribution in [2.75, 3.05) is 5.32 Å². The highest BCUT2D eigenvalue weighted by atomic mass is 32.1. The number of carboxylic acid groups (broad SMARTS) is 1. The maximum absolute atomic E-state index is 13.1. The lowest BCUT2D eigenvalue weighted by Gasteiger charge is -2.26. The molecule has 0 aliphatic heterocycles. The van der Waals surface area contributed by atoms with Crippen LogP contribution in [0, 0.1) is 23.7 Å². The van der Waals surface area contributed by atoms with Gasteiger partial charge in [0, 0.05) is 4.88 Å². The number of carbonyl (C=O) groups is 3. The van der Waals surface area contributed by atoms with Crippen LogP contribution in [-0.4, -0.2) is 22.9 Å². The van der Waals surface area contributed by atoms with Crippen LogP contribution in [0.15, 0.2) is 17.2 Å². The molecule has 146 valence electrons. The van der Waals surface area contributed by atoms with Gasteiger partial charge in [-0.15, -0.1) is 11.3 Å². The number of hydrogen-bond acceptors (Lipinski definition) is 4. The van der Waals surface area contributed by atoms with Gasteiger partial charge in [0.2, 0.25) is 5.91 Å². The van der Waals surface area contributed by atoms with Gasteiger partial charge in [-0.3, -0.25) is 14.4 Å². The fourth-order valence-corrected chi connectivity index (χ4v) is 5.84. The predicted molar refractivity (Wildman–Crippen MR) is 105 cm³/mol. The number of thiophene rings is 1. The summed E-state index contributed by atoms with van der Waals surface area (Å²) in [4.78, 5) is 37.7. The first-order chi connectivity index (χ1) is 12.6. The number of amides is 2. The van der Waals surface area contributed by atoms with Crippen molar-refractivity contribution in [1.29, 1.82) is 0 Å². The summed E-state index contributed by atoms with van der Waals surface area (Å²) in [5.74, 6) is -3.09. The normalized spacial score (nSPS) is 26.5. The molecule has 1 aromatic rings. The molecular formula is C20H26N2O4S. The lowest BCUT2D eigenvalue weighted by molar-refractivity contribution is -0.148. The molecule has 0 unspecified atom stereocenters. The largest absolute Gasteiger partial charge is 0.481 e. The molecule has 4 atom stereocenters. The minimum atomic E-state index is -0.926. The third-order valence-electron chi connectivity index (χ3n) is 5.83. The van der Waals surface area contributed by atoms with Crippen LogP contribution < -0.4 is 11.1 Å². The summed E-state index contributed by atoms with van der Waals surface area (Å²) in [5.41, 5.74) is 8.00. The fraction of sp³-hybridized carbons (Fsp3) is 0.550. The second-order valence-corrected chi connectivity index (χ2v) is 9.12. The van der Waals surface area contributed by atoms with E-state index in [0.717, 1.165) is 28.9 Å². The van der Waals surface area contributed by atoms with E-state index in [4.69, 9.17) is 5.73 Å². The Morgan fingerprint density at radius 1 is 1.19 bits per heavy atom. The number of primary amides is 1. The molecule has 2 amide bonds. The molecule has 27 heavy (non-hydrogen) atoms. The molecule has 0 aromatic carbocycles. The van der Waals surface area contributed by atoms with Gasteiger partial charge in [0.05, 0.1) is 17.4 Å². The number of hydrogen-bond donors (Lipinski definition) is 3. The number of carbonyl (C=O) groups excluding carboxylic acids is 2. The maximum Gasteiger partial charge on any atom is 0.307 e. The van der Waals surface area contributed by atoms with Crippen LogP contribution in [0.4, 0.5) is 5.00 Å². The van der Waals surface area contributed by atoms with Gasteiger partial charge < -0.3 is 16.2 Å². The third kappa shape index (κ3) is 3.29. The SMILES string of the molecule is CC(C)=C1[C@H]2CC[C@H]1[C@H](C(=O)Nc1sc(C(C)C)cc1C(N)=O)[C@H]2C(=O)O. The number of aliphatic carboxylic acids is 1. The highest BCUT2D eigenvalue weighted by molar-refractivity contribution is 7.16. The summed E-state index contributed by atoms with van der Waals surface area (Å²) < 4.78 is 0. The first-order valence-electron chi connectivity index (χ1n) is 9.27. The average molecular weight is 391 g/mol. The number of allylic oxidation sites excluding steroid dienone is 2. The minimum absolute atomic E-state index is 0.0392. The van der Waals surface area contributed by atoms with Crippen LogP contribution >= 0.6 is 11.3 Å². The Balaban J connectivity index is 1.93. The van der Waals surface area contributed by atoms with Gasteiger partial charge in [0.25, 0.3) is 5.91 Å². The molecule has 2 aliphatic rings. The van der Waals surface area contributed by atoms with Gasteiger partial charge in [0.1, 0.15) is 5.00 Å². The van der Waals surface area contributed by atoms with Crippen molar-refractivity contribution >= 4 is 34.1 Å². The third-order valence-corrected chi connectivity index (χ3v) is 7.18. The second-order valence-electron chi connectivity index (χ2n) is 8.04. The molecule has 2 bridgehead atoms. The van der Waals surface area contributed by atoms with Gasteiger partial charge in [-0.2, -0.15) is 0 Å². The second kappa shape index (κ2) is 7.11. The van der Waals surface area contributed by atoms with E-state index in [1.807, 2.05) is 27.7 Å². The minimum Gasteiger partial charge on any atom is -0.481 e. The zero-order chi connectivity index (χ0) is 20.0. The topological polar surface area (TPSA) is 109 Å². The number of nitrogens with two attached hydrogens (primary N) is 1. The van der Waals surface area contributed by atoms with Crippen molar-refractivity contribution in [2.45, 2.75) is 46.5 Å². The molecule has 0 radical (unpaired) electrons. The first-order valence-corrected chi connectivity index (χ1v) is 10.1. The van der Waals surface area contributed by atoms with Crippen molar-refractivity contribution in [3.63, 3.8) is 0 Å². The first kappa shape index (κ1) is 19.6. The van der Waals surface area contributed by atoms with E-state index in [2.05, 4.69) is 5.32 Å². The Kier molecular flexibility index (Phi) is 5.16. The molecule has 6 nitrogen and oxygen atoms in total. The molecule has 0 saturated heterocycles. The molecule has 1 aromatic heterocycles. The van der Waals surface area contributed by atoms with Gasteiger partial charge in [-0.1, -0.05) is 25.0 Å². The van der Waals surface area contributed by atoms with Crippen LogP contribution in [0.5, 0.6) is 0 Å². The molecule has 4 N–H and O–H groups in total. The maximum atomic E-state index is 13.1. The van der Waals surface area contributed by atoms with Crippen molar-refractivity contribution < 1.29 is 19.5 Å². The van der Waals surface area contributed by atoms with Gasteiger partial charge in [-0.05, 0) is 50.5 Å². The number of rotatable bonds is 5. The van der Waals surface area contributed by atoms with Gasteiger partial charge in [0.15, 0.2) is 0 Å². The summed E-state index contributed by atoms with van der Waals surface area (Å²) in [6, 6.07) is 1.71. The zero-order valence-electron chi connectivity index (χ0n) is 16.0. The Bertz CT molecular complexity index is 835. The van der Waals surface area contributed by atoms with E-state index in [1.165, 1.54) is 11.3 Å². The van der Waals surface area contributed by atoms with E-state index in [-0.39, 0.29) is 29.2 Å². The number of anilines is 1. The molecule has 3 rings (SSSR count). The number of fused-ring (bicyclic) bond motifs is 2. The highest BCUT2D eigenvalue weighted by Gasteiger charge is 2.57. The molecule has 7 heteroatoms. The van der Waals surface area contributed by atoms with E-state index in [0.29, 0.717) is 5.00 Å². The lowest BCUT2D eigenvalue weighted by atomic mass is 9.79. The van der Waals surface area contributed by atoms with E-state index < -0.39 is 23.7 Å². The molecule has 1 heterocycles. The Morgan fingerprint density at radius 3 is 2.26 bits per heavy atom. The van der Waals surface area contributed by atoms with E-state index in [9.17, 15) is 19.5 Å². The fourth-order valence-electron chi connectivity index (χ4n) is 4.77.